The van der Waals surface area contributed by atoms with Gasteiger partial charge in [-0.3, -0.25) is 14.3 Å². The predicted molar refractivity (Wildman–Crippen MR) is 61.7 cm³/mol. The van der Waals surface area contributed by atoms with Gasteiger partial charge in [0.2, 0.25) is 5.91 Å². The van der Waals surface area contributed by atoms with E-state index in [-0.39, 0.29) is 12.5 Å². The number of carbonyl (C=O) groups is 2. The van der Waals surface area contributed by atoms with Gasteiger partial charge < -0.3 is 10.1 Å². The molecule has 0 spiro atoms. The van der Waals surface area contributed by atoms with E-state index in [4.69, 9.17) is 11.6 Å². The van der Waals surface area contributed by atoms with Crippen LogP contribution in [-0.4, -0.2) is 35.3 Å². The molecule has 1 heterocycles. The zero-order valence-electron chi connectivity index (χ0n) is 9.86. The van der Waals surface area contributed by atoms with E-state index in [0.717, 1.165) is 0 Å². The van der Waals surface area contributed by atoms with E-state index in [2.05, 4.69) is 15.2 Å². The van der Waals surface area contributed by atoms with Crippen molar-refractivity contribution in [3.63, 3.8) is 0 Å². The lowest BCUT2D eigenvalue weighted by molar-refractivity contribution is -0.141. The Kier molecular flexibility index (Phi) is 4.51. The van der Waals surface area contributed by atoms with Crippen LogP contribution in [0.1, 0.15) is 18.7 Å². The number of hydrogen-bond acceptors (Lipinski definition) is 4. The molecule has 0 radical (unpaired) electrons. The molecule has 0 bridgehead atoms. The Bertz CT molecular complexity index is 430. The van der Waals surface area contributed by atoms with Gasteiger partial charge in [0.05, 0.1) is 24.0 Å². The molecule has 6 nitrogen and oxygen atoms in total. The zero-order valence-corrected chi connectivity index (χ0v) is 10.6. The molecular weight excluding hydrogens is 246 g/mol. The molecular formula is C10H14ClN3O3. The Morgan fingerprint density at radius 2 is 2.29 bits per heavy atom. The minimum atomic E-state index is -0.535. The molecule has 1 N–H and O–H groups in total. The van der Waals surface area contributed by atoms with E-state index in [1.54, 1.807) is 13.8 Å². The van der Waals surface area contributed by atoms with Gasteiger partial charge in [-0.1, -0.05) is 11.6 Å². The monoisotopic (exact) mass is 259 g/mol. The number of carbonyl (C=O) groups excluding carboxylic acids is 2. The number of esters is 1. The fourth-order valence-corrected chi connectivity index (χ4v) is 1.41. The average Bonchev–Trinajstić information content (AvgIpc) is 2.65. The van der Waals surface area contributed by atoms with Crippen LogP contribution in [0.25, 0.3) is 0 Å². The minimum Gasteiger partial charge on any atom is -0.468 e. The van der Waals surface area contributed by atoms with Gasteiger partial charge in [0.1, 0.15) is 12.6 Å². The highest BCUT2D eigenvalue weighted by atomic mass is 35.5. The van der Waals surface area contributed by atoms with Crippen LogP contribution in [0.5, 0.6) is 0 Å². The highest BCUT2D eigenvalue weighted by Crippen LogP contribution is 2.17. The first-order valence-corrected chi connectivity index (χ1v) is 5.39. The molecule has 1 amide bonds. The van der Waals surface area contributed by atoms with Crippen molar-refractivity contribution in [2.75, 3.05) is 13.7 Å². The number of nitrogens with one attached hydrogen (secondary N) is 1. The molecule has 0 aliphatic rings. The second kappa shape index (κ2) is 5.67. The smallest absolute Gasteiger partial charge is 0.325 e. The topological polar surface area (TPSA) is 73.2 Å². The molecule has 0 saturated carbocycles. The fourth-order valence-electron chi connectivity index (χ4n) is 1.28. The SMILES string of the molecule is COC(=O)CNC(=O)C(C)n1ncc(Cl)c1C. The van der Waals surface area contributed by atoms with Gasteiger partial charge in [0.25, 0.3) is 0 Å². The van der Waals surface area contributed by atoms with Crippen molar-refractivity contribution in [1.29, 1.82) is 0 Å². The van der Waals surface area contributed by atoms with Gasteiger partial charge in [0.15, 0.2) is 0 Å². The number of rotatable bonds is 4. The number of nitrogens with zero attached hydrogens (tertiary/aromatic N) is 2. The van der Waals surface area contributed by atoms with Crippen LogP contribution in [0.15, 0.2) is 6.20 Å². The molecule has 0 aromatic carbocycles. The number of halogens is 1. The van der Waals surface area contributed by atoms with Crippen LogP contribution in [0.4, 0.5) is 0 Å². The lowest BCUT2D eigenvalue weighted by Gasteiger charge is -2.13. The van der Waals surface area contributed by atoms with Crippen LogP contribution in [0.2, 0.25) is 5.02 Å². The first kappa shape index (κ1) is 13.5. The van der Waals surface area contributed by atoms with E-state index in [1.807, 2.05) is 0 Å². The molecule has 1 atom stereocenters. The van der Waals surface area contributed by atoms with Gasteiger partial charge in [-0.25, -0.2) is 0 Å². The Morgan fingerprint density at radius 3 is 2.76 bits per heavy atom. The number of hydrogen-bond donors (Lipinski definition) is 1. The van der Waals surface area contributed by atoms with E-state index < -0.39 is 12.0 Å². The standard InChI is InChI=1S/C10H14ClN3O3/c1-6-8(11)4-13-14(6)7(2)10(16)12-5-9(15)17-3/h4,7H,5H2,1-3H3,(H,12,16). The van der Waals surface area contributed by atoms with Gasteiger partial charge in [-0.15, -0.1) is 0 Å². The van der Waals surface area contributed by atoms with Gasteiger partial charge in [-0.2, -0.15) is 5.10 Å². The van der Waals surface area contributed by atoms with Crippen molar-refractivity contribution in [3.8, 4) is 0 Å². The van der Waals surface area contributed by atoms with E-state index in [1.165, 1.54) is 18.0 Å². The molecule has 0 aliphatic carbocycles. The average molecular weight is 260 g/mol. The van der Waals surface area contributed by atoms with Crippen molar-refractivity contribution in [1.82, 2.24) is 15.1 Å². The Hall–Kier alpha value is -1.56. The number of aromatic nitrogens is 2. The molecule has 7 heteroatoms. The van der Waals surface area contributed by atoms with Crippen molar-refractivity contribution in [2.24, 2.45) is 0 Å². The second-order valence-electron chi connectivity index (χ2n) is 3.49. The summed E-state index contributed by atoms with van der Waals surface area (Å²) in [6, 6.07) is -0.535. The maximum atomic E-state index is 11.7. The van der Waals surface area contributed by atoms with Crippen molar-refractivity contribution < 1.29 is 14.3 Å². The maximum absolute atomic E-state index is 11.7. The van der Waals surface area contributed by atoms with E-state index >= 15 is 0 Å². The predicted octanol–water partition coefficient (Wildman–Crippen LogP) is 0.695. The summed E-state index contributed by atoms with van der Waals surface area (Å²) in [7, 11) is 1.26. The van der Waals surface area contributed by atoms with Crippen LogP contribution < -0.4 is 5.32 Å². The van der Waals surface area contributed by atoms with Gasteiger partial charge in [-0.05, 0) is 13.8 Å². The Labute approximate surface area is 104 Å². The third-order valence-electron chi connectivity index (χ3n) is 2.37. The van der Waals surface area contributed by atoms with Crippen molar-refractivity contribution in [2.45, 2.75) is 19.9 Å². The highest BCUT2D eigenvalue weighted by molar-refractivity contribution is 6.31. The maximum Gasteiger partial charge on any atom is 0.325 e. The Morgan fingerprint density at radius 1 is 1.65 bits per heavy atom. The summed E-state index contributed by atoms with van der Waals surface area (Å²) in [6.07, 6.45) is 1.47. The molecule has 1 rings (SSSR count). The summed E-state index contributed by atoms with van der Waals surface area (Å²) in [5.41, 5.74) is 0.701. The lowest BCUT2D eigenvalue weighted by Crippen LogP contribution is -2.35. The summed E-state index contributed by atoms with van der Waals surface area (Å²) in [6.45, 7) is 3.27. The van der Waals surface area contributed by atoms with Crippen LogP contribution in [-0.2, 0) is 14.3 Å². The summed E-state index contributed by atoms with van der Waals surface area (Å²) in [5, 5.41) is 6.94. The quantitative estimate of drug-likeness (QED) is 0.808. The lowest BCUT2D eigenvalue weighted by atomic mass is 10.3. The van der Waals surface area contributed by atoms with Gasteiger partial charge in [0, 0.05) is 0 Å². The van der Waals surface area contributed by atoms with Crippen molar-refractivity contribution >= 4 is 23.5 Å². The second-order valence-corrected chi connectivity index (χ2v) is 3.90. The summed E-state index contributed by atoms with van der Waals surface area (Å²) in [5.74, 6) is -0.820. The minimum absolute atomic E-state index is 0.159. The molecule has 0 aliphatic heterocycles. The highest BCUT2D eigenvalue weighted by Gasteiger charge is 2.19. The molecule has 0 fully saturated rings. The molecule has 1 aromatic heterocycles. The van der Waals surface area contributed by atoms with Crippen LogP contribution in [0.3, 0.4) is 0 Å². The molecule has 94 valence electrons. The largest absolute Gasteiger partial charge is 0.468 e. The molecule has 17 heavy (non-hydrogen) atoms. The third kappa shape index (κ3) is 3.20. The summed E-state index contributed by atoms with van der Waals surface area (Å²) >= 11 is 5.84. The Balaban J connectivity index is 2.64. The third-order valence-corrected chi connectivity index (χ3v) is 2.74. The first-order chi connectivity index (χ1) is 7.97. The van der Waals surface area contributed by atoms with Crippen LogP contribution >= 0.6 is 11.6 Å². The molecule has 0 saturated heterocycles. The zero-order chi connectivity index (χ0) is 13.0. The van der Waals surface area contributed by atoms with E-state index in [9.17, 15) is 9.59 Å². The summed E-state index contributed by atoms with van der Waals surface area (Å²) < 4.78 is 5.91. The molecule has 1 aromatic rings. The normalized spacial score (nSPS) is 12.0. The fraction of sp³-hybridized carbons (Fsp3) is 0.500. The summed E-state index contributed by atoms with van der Waals surface area (Å²) in [4.78, 5) is 22.6. The van der Waals surface area contributed by atoms with Crippen LogP contribution in [0, 0.1) is 6.92 Å². The van der Waals surface area contributed by atoms with E-state index in [0.29, 0.717) is 10.7 Å². The number of amides is 1. The first-order valence-electron chi connectivity index (χ1n) is 5.01. The molecule has 1 unspecified atom stereocenters. The van der Waals surface area contributed by atoms with Gasteiger partial charge >= 0.3 is 5.97 Å². The van der Waals surface area contributed by atoms with Crippen molar-refractivity contribution in [3.05, 3.63) is 16.9 Å². The number of methoxy groups -OCH3 is 1. The number of ether oxygens (including phenoxy) is 1.